The van der Waals surface area contributed by atoms with Crippen LogP contribution in [0.25, 0.3) is 0 Å². The van der Waals surface area contributed by atoms with Crippen LogP contribution in [0.2, 0.25) is 0 Å². The van der Waals surface area contributed by atoms with E-state index < -0.39 is 11.7 Å². The lowest BCUT2D eigenvalue weighted by Crippen LogP contribution is -2.12. The minimum Gasteiger partial charge on any atom is -0.340 e. The summed E-state index contributed by atoms with van der Waals surface area (Å²) in [5.41, 5.74) is 1.43. The van der Waals surface area contributed by atoms with Gasteiger partial charge in [0, 0.05) is 17.6 Å². The van der Waals surface area contributed by atoms with E-state index in [2.05, 4.69) is 34.4 Å². The molecule has 146 valence electrons. The third-order valence-electron chi connectivity index (χ3n) is 4.48. The van der Waals surface area contributed by atoms with Gasteiger partial charge in [-0.1, -0.05) is 44.2 Å². The van der Waals surface area contributed by atoms with Gasteiger partial charge in [0.05, 0.1) is 0 Å². The molecule has 0 aliphatic heterocycles. The first-order valence-corrected chi connectivity index (χ1v) is 9.00. The fraction of sp³-hybridized carbons (Fsp3) is 0.238. The van der Waals surface area contributed by atoms with Crippen molar-refractivity contribution < 1.29 is 13.2 Å². The zero-order valence-electron chi connectivity index (χ0n) is 15.6. The summed E-state index contributed by atoms with van der Waals surface area (Å²) < 4.78 is 40.2. The number of hydrogen-bond donors (Lipinski definition) is 2. The standard InChI is InChI=1S/C21H21F3N4/c1-3-14(2)15-9-11-17(12-10-15)26-19-18(21(22,23)24)13-25-20(28-19)27-16-7-5-4-6-8-16/h4-14H,3H2,1-2H3,(H2,25,26,27,28). The summed E-state index contributed by atoms with van der Waals surface area (Å²) in [6.07, 6.45) is -2.79. The summed E-state index contributed by atoms with van der Waals surface area (Å²) in [4.78, 5) is 7.86. The largest absolute Gasteiger partial charge is 0.421 e. The zero-order valence-corrected chi connectivity index (χ0v) is 15.6. The lowest BCUT2D eigenvalue weighted by molar-refractivity contribution is -0.137. The summed E-state index contributed by atoms with van der Waals surface area (Å²) >= 11 is 0. The molecule has 1 atom stereocenters. The van der Waals surface area contributed by atoms with E-state index >= 15 is 0 Å². The Morgan fingerprint density at radius 2 is 1.57 bits per heavy atom. The Kier molecular flexibility index (Phi) is 5.82. The van der Waals surface area contributed by atoms with Gasteiger partial charge in [0.2, 0.25) is 5.95 Å². The van der Waals surface area contributed by atoms with Crippen molar-refractivity contribution in [2.75, 3.05) is 10.6 Å². The van der Waals surface area contributed by atoms with E-state index in [-0.39, 0.29) is 11.8 Å². The molecule has 0 aliphatic carbocycles. The highest BCUT2D eigenvalue weighted by atomic mass is 19.4. The molecule has 28 heavy (non-hydrogen) atoms. The molecule has 2 N–H and O–H groups in total. The molecule has 1 unspecified atom stereocenters. The second-order valence-corrected chi connectivity index (χ2v) is 6.50. The molecular weight excluding hydrogens is 365 g/mol. The van der Waals surface area contributed by atoms with Gasteiger partial charge in [0.1, 0.15) is 11.4 Å². The van der Waals surface area contributed by atoms with Crippen LogP contribution in [-0.2, 0) is 6.18 Å². The van der Waals surface area contributed by atoms with Crippen molar-refractivity contribution in [1.29, 1.82) is 0 Å². The third kappa shape index (κ3) is 4.79. The van der Waals surface area contributed by atoms with Gasteiger partial charge in [-0.05, 0) is 42.2 Å². The molecule has 0 fully saturated rings. The highest BCUT2D eigenvalue weighted by molar-refractivity contribution is 5.63. The molecule has 1 heterocycles. The average Bonchev–Trinajstić information content (AvgIpc) is 2.68. The first-order chi connectivity index (χ1) is 13.4. The van der Waals surface area contributed by atoms with E-state index in [0.29, 0.717) is 17.3 Å². The maximum absolute atomic E-state index is 13.4. The highest BCUT2D eigenvalue weighted by Crippen LogP contribution is 2.35. The van der Waals surface area contributed by atoms with Crippen molar-refractivity contribution in [3.05, 3.63) is 71.9 Å². The van der Waals surface area contributed by atoms with Gasteiger partial charge in [-0.15, -0.1) is 0 Å². The van der Waals surface area contributed by atoms with Crippen molar-refractivity contribution in [2.45, 2.75) is 32.4 Å². The number of halogens is 3. The molecule has 3 rings (SSSR count). The number of rotatable bonds is 6. The molecule has 4 nitrogen and oxygen atoms in total. The Balaban J connectivity index is 1.89. The maximum atomic E-state index is 13.4. The van der Waals surface area contributed by atoms with Crippen molar-refractivity contribution in [3.8, 4) is 0 Å². The number of nitrogens with zero attached hydrogens (tertiary/aromatic N) is 2. The fourth-order valence-corrected chi connectivity index (χ4v) is 2.66. The normalized spacial score (nSPS) is 12.5. The second kappa shape index (κ2) is 8.29. The molecule has 0 spiro atoms. The second-order valence-electron chi connectivity index (χ2n) is 6.50. The minimum absolute atomic E-state index is 0.0814. The van der Waals surface area contributed by atoms with Crippen LogP contribution in [0, 0.1) is 0 Å². The zero-order chi connectivity index (χ0) is 20.1. The maximum Gasteiger partial charge on any atom is 0.421 e. The van der Waals surface area contributed by atoms with E-state index in [1.54, 1.807) is 24.3 Å². The van der Waals surface area contributed by atoms with E-state index in [1.807, 2.05) is 30.3 Å². The predicted molar refractivity (Wildman–Crippen MR) is 105 cm³/mol. The molecule has 2 aromatic carbocycles. The van der Waals surface area contributed by atoms with Crippen molar-refractivity contribution >= 4 is 23.1 Å². The molecular formula is C21H21F3N4. The third-order valence-corrected chi connectivity index (χ3v) is 4.48. The molecule has 0 bridgehead atoms. The van der Waals surface area contributed by atoms with Gasteiger partial charge in [-0.2, -0.15) is 18.2 Å². The summed E-state index contributed by atoms with van der Waals surface area (Å²) in [7, 11) is 0. The van der Waals surface area contributed by atoms with Crippen LogP contribution in [-0.4, -0.2) is 9.97 Å². The Morgan fingerprint density at radius 3 is 2.18 bits per heavy atom. The minimum atomic E-state index is -4.57. The lowest BCUT2D eigenvalue weighted by atomic mass is 9.99. The molecule has 0 amide bonds. The smallest absolute Gasteiger partial charge is 0.340 e. The van der Waals surface area contributed by atoms with Gasteiger partial charge in [-0.3, -0.25) is 0 Å². The molecule has 0 aliphatic rings. The predicted octanol–water partition coefficient (Wildman–Crippen LogP) is 6.50. The summed E-state index contributed by atoms with van der Waals surface area (Å²) in [5.74, 6) is 0.177. The molecule has 0 saturated heterocycles. The number of benzene rings is 2. The first kappa shape index (κ1) is 19.7. The number of aromatic nitrogens is 2. The Morgan fingerprint density at radius 1 is 0.929 bits per heavy atom. The quantitative estimate of drug-likeness (QED) is 0.508. The van der Waals surface area contributed by atoms with Crippen molar-refractivity contribution in [2.24, 2.45) is 0 Å². The number of anilines is 4. The average molecular weight is 386 g/mol. The van der Waals surface area contributed by atoms with E-state index in [9.17, 15) is 13.2 Å². The van der Waals surface area contributed by atoms with Crippen molar-refractivity contribution in [3.63, 3.8) is 0 Å². The van der Waals surface area contributed by atoms with Crippen LogP contribution >= 0.6 is 0 Å². The molecule has 7 heteroatoms. The fourth-order valence-electron chi connectivity index (χ4n) is 2.66. The van der Waals surface area contributed by atoms with Crippen molar-refractivity contribution in [1.82, 2.24) is 9.97 Å². The summed E-state index contributed by atoms with van der Waals surface area (Å²) in [6.45, 7) is 4.20. The van der Waals surface area contributed by atoms with Crippen LogP contribution in [0.4, 0.5) is 36.3 Å². The number of nitrogens with one attached hydrogen (secondary N) is 2. The Hall–Kier alpha value is -3.09. The monoisotopic (exact) mass is 386 g/mol. The van der Waals surface area contributed by atoms with Gasteiger partial charge in [-0.25, -0.2) is 4.98 Å². The number of para-hydroxylation sites is 1. The lowest BCUT2D eigenvalue weighted by Gasteiger charge is -2.15. The van der Waals surface area contributed by atoms with Gasteiger partial charge >= 0.3 is 6.18 Å². The number of alkyl halides is 3. The highest BCUT2D eigenvalue weighted by Gasteiger charge is 2.35. The van der Waals surface area contributed by atoms with Crippen LogP contribution in [0.5, 0.6) is 0 Å². The van der Waals surface area contributed by atoms with E-state index in [0.717, 1.165) is 18.2 Å². The summed E-state index contributed by atoms with van der Waals surface area (Å²) in [6, 6.07) is 16.4. The Bertz CT molecular complexity index is 909. The van der Waals surface area contributed by atoms with Crippen LogP contribution in [0.3, 0.4) is 0 Å². The van der Waals surface area contributed by atoms with Crippen LogP contribution < -0.4 is 10.6 Å². The Labute approximate surface area is 161 Å². The number of hydrogen-bond acceptors (Lipinski definition) is 4. The van der Waals surface area contributed by atoms with E-state index in [4.69, 9.17) is 0 Å². The first-order valence-electron chi connectivity index (χ1n) is 9.00. The summed E-state index contributed by atoms with van der Waals surface area (Å²) in [5, 5.41) is 5.69. The van der Waals surface area contributed by atoms with Crippen LogP contribution in [0.1, 0.15) is 37.3 Å². The van der Waals surface area contributed by atoms with E-state index in [1.165, 1.54) is 0 Å². The molecule has 1 aromatic heterocycles. The van der Waals surface area contributed by atoms with Gasteiger partial charge < -0.3 is 10.6 Å². The molecule has 0 radical (unpaired) electrons. The topological polar surface area (TPSA) is 49.8 Å². The van der Waals surface area contributed by atoms with Gasteiger partial charge in [0.15, 0.2) is 0 Å². The molecule has 3 aromatic rings. The van der Waals surface area contributed by atoms with Crippen LogP contribution in [0.15, 0.2) is 60.8 Å². The van der Waals surface area contributed by atoms with Gasteiger partial charge in [0.25, 0.3) is 0 Å². The molecule has 0 saturated carbocycles. The SMILES string of the molecule is CCC(C)c1ccc(Nc2nc(Nc3ccccc3)ncc2C(F)(F)F)cc1.